The van der Waals surface area contributed by atoms with Crippen molar-refractivity contribution < 1.29 is 26.3 Å². The van der Waals surface area contributed by atoms with Crippen LogP contribution in [-0.4, -0.2) is 23.9 Å². The molecule has 0 aliphatic carbocycles. The fourth-order valence-electron chi connectivity index (χ4n) is 3.23. The Kier molecular flexibility index (Phi) is 6.14. The number of rotatable bonds is 3. The Morgan fingerprint density at radius 1 is 0.935 bits per heavy atom. The van der Waals surface area contributed by atoms with Gasteiger partial charge in [-0.3, -0.25) is 0 Å². The van der Waals surface area contributed by atoms with Crippen LogP contribution in [0.4, 0.5) is 37.8 Å². The molecule has 1 aromatic carbocycles. The van der Waals surface area contributed by atoms with E-state index in [1.165, 1.54) is 29.3 Å². The van der Waals surface area contributed by atoms with Crippen LogP contribution >= 0.6 is 0 Å². The lowest BCUT2D eigenvalue weighted by atomic mass is 10.1. The van der Waals surface area contributed by atoms with Gasteiger partial charge in [0.2, 0.25) is 0 Å². The number of amidine groups is 1. The second kappa shape index (κ2) is 8.48. The van der Waals surface area contributed by atoms with E-state index in [1.54, 1.807) is 0 Å². The first kappa shape index (κ1) is 22.4. The lowest BCUT2D eigenvalue weighted by Gasteiger charge is -2.24. The predicted molar refractivity (Wildman–Crippen MR) is 105 cm³/mol. The van der Waals surface area contributed by atoms with Crippen molar-refractivity contribution in [1.29, 1.82) is 0 Å². The summed E-state index contributed by atoms with van der Waals surface area (Å²) in [6, 6.07) is 6.32. The smallest absolute Gasteiger partial charge is 0.402 e. The molecule has 166 valence electrons. The van der Waals surface area contributed by atoms with Gasteiger partial charge in [-0.1, -0.05) is 0 Å². The number of hydrogen-bond acceptors (Lipinski definition) is 4. The Morgan fingerprint density at radius 3 is 2.19 bits per heavy atom. The van der Waals surface area contributed by atoms with Crippen LogP contribution in [0.1, 0.15) is 24.0 Å². The highest BCUT2D eigenvalue weighted by atomic mass is 19.4. The fraction of sp³-hybridized carbons (Fsp3) is 0.300. The number of anilines is 1. The van der Waals surface area contributed by atoms with Crippen molar-refractivity contribution in [2.24, 2.45) is 16.5 Å². The van der Waals surface area contributed by atoms with Crippen molar-refractivity contribution in [2.75, 3.05) is 18.0 Å². The number of aliphatic imine (C=N–C) groups is 1. The van der Waals surface area contributed by atoms with Gasteiger partial charge in [0.25, 0.3) is 0 Å². The van der Waals surface area contributed by atoms with E-state index in [1.807, 2.05) is 0 Å². The summed E-state index contributed by atoms with van der Waals surface area (Å²) in [6.07, 6.45) is -7.30. The lowest BCUT2D eigenvalue weighted by Crippen LogP contribution is -2.28. The first-order valence-corrected chi connectivity index (χ1v) is 9.23. The van der Waals surface area contributed by atoms with E-state index >= 15 is 0 Å². The van der Waals surface area contributed by atoms with Crippen molar-refractivity contribution in [1.82, 2.24) is 4.98 Å². The van der Waals surface area contributed by atoms with Gasteiger partial charge in [0.15, 0.2) is 0 Å². The van der Waals surface area contributed by atoms with Crippen molar-refractivity contribution in [3.63, 3.8) is 0 Å². The topological polar surface area (TPSA) is 80.5 Å². The van der Waals surface area contributed by atoms with Crippen molar-refractivity contribution >= 4 is 17.3 Å². The van der Waals surface area contributed by atoms with E-state index in [9.17, 15) is 26.3 Å². The molecule has 1 aromatic heterocycles. The number of nitrogens with two attached hydrogens (primary N) is 2. The molecule has 0 saturated carbocycles. The SMILES string of the molecule is NC(=Nc1ccc(C(F)(F)F)cc1)C1=C(N)CCN(c2ncccc2C(F)(F)F)CC1. The molecule has 0 saturated heterocycles. The largest absolute Gasteiger partial charge is 0.419 e. The Labute approximate surface area is 174 Å². The van der Waals surface area contributed by atoms with Gasteiger partial charge >= 0.3 is 12.4 Å². The Bertz CT molecular complexity index is 992. The molecule has 0 radical (unpaired) electrons. The molecule has 1 aliphatic rings. The predicted octanol–water partition coefficient (Wildman–Crippen LogP) is 4.62. The molecule has 0 fully saturated rings. The molecule has 2 heterocycles. The zero-order valence-electron chi connectivity index (χ0n) is 16.1. The summed E-state index contributed by atoms with van der Waals surface area (Å²) < 4.78 is 78.0. The summed E-state index contributed by atoms with van der Waals surface area (Å²) in [4.78, 5) is 9.50. The van der Waals surface area contributed by atoms with Gasteiger partial charge in [0.1, 0.15) is 11.7 Å². The van der Waals surface area contributed by atoms with Crippen LogP contribution in [0.3, 0.4) is 0 Å². The monoisotopic (exact) mass is 443 g/mol. The van der Waals surface area contributed by atoms with E-state index in [4.69, 9.17) is 11.5 Å². The molecule has 0 spiro atoms. The quantitative estimate of drug-likeness (QED) is 0.412. The van der Waals surface area contributed by atoms with Crippen LogP contribution in [0.15, 0.2) is 58.9 Å². The van der Waals surface area contributed by atoms with Crippen LogP contribution < -0.4 is 16.4 Å². The van der Waals surface area contributed by atoms with Gasteiger partial charge in [-0.25, -0.2) is 9.98 Å². The average Bonchev–Trinajstić information content (AvgIpc) is 2.89. The Hall–Kier alpha value is -3.24. The molecule has 0 amide bonds. The molecule has 11 heteroatoms. The number of alkyl halides is 6. The number of hydrogen-bond donors (Lipinski definition) is 2. The van der Waals surface area contributed by atoms with Gasteiger partial charge in [0, 0.05) is 37.0 Å². The van der Waals surface area contributed by atoms with Crippen molar-refractivity contribution in [2.45, 2.75) is 25.2 Å². The van der Waals surface area contributed by atoms with Crippen molar-refractivity contribution in [3.8, 4) is 0 Å². The van der Waals surface area contributed by atoms with E-state index in [2.05, 4.69) is 9.98 Å². The zero-order chi connectivity index (χ0) is 22.8. The first-order valence-electron chi connectivity index (χ1n) is 9.23. The van der Waals surface area contributed by atoms with Gasteiger partial charge in [-0.2, -0.15) is 26.3 Å². The number of pyridine rings is 1. The zero-order valence-corrected chi connectivity index (χ0v) is 16.1. The van der Waals surface area contributed by atoms with Gasteiger partial charge in [-0.05, 0) is 42.8 Å². The number of halogens is 6. The molecule has 1 aliphatic heterocycles. The maximum atomic E-state index is 13.3. The van der Waals surface area contributed by atoms with Crippen LogP contribution in [0.25, 0.3) is 0 Å². The third-order valence-electron chi connectivity index (χ3n) is 4.82. The van der Waals surface area contributed by atoms with Crippen LogP contribution in [-0.2, 0) is 12.4 Å². The highest BCUT2D eigenvalue weighted by molar-refractivity contribution is 5.99. The molecule has 2 aromatic rings. The Morgan fingerprint density at radius 2 is 1.58 bits per heavy atom. The minimum Gasteiger partial charge on any atom is -0.402 e. The highest BCUT2D eigenvalue weighted by Crippen LogP contribution is 2.36. The average molecular weight is 443 g/mol. The molecular formula is C20H19F6N5. The molecule has 3 rings (SSSR count). The maximum absolute atomic E-state index is 13.3. The van der Waals surface area contributed by atoms with E-state index in [0.29, 0.717) is 11.3 Å². The molecule has 5 nitrogen and oxygen atoms in total. The first-order chi connectivity index (χ1) is 14.5. The third kappa shape index (κ3) is 5.28. The van der Waals surface area contributed by atoms with Crippen LogP contribution in [0.5, 0.6) is 0 Å². The molecule has 0 bridgehead atoms. The second-order valence-electron chi connectivity index (χ2n) is 6.90. The molecular weight excluding hydrogens is 424 g/mol. The maximum Gasteiger partial charge on any atom is 0.419 e. The third-order valence-corrected chi connectivity index (χ3v) is 4.82. The summed E-state index contributed by atoms with van der Waals surface area (Å²) in [6.45, 7) is 0.363. The number of aromatic nitrogens is 1. The standard InChI is InChI=1S/C20H19F6N5/c21-19(22,23)12-3-5-13(6-4-12)30-17(28)14-7-10-31(11-8-16(14)27)18-15(20(24,25)26)2-1-9-29-18/h1-6,9H,7-8,10-11,27H2,(H2,28,30). The summed E-state index contributed by atoms with van der Waals surface area (Å²) in [5.41, 5.74) is 11.5. The van der Waals surface area contributed by atoms with Gasteiger partial charge < -0.3 is 16.4 Å². The van der Waals surface area contributed by atoms with Gasteiger partial charge in [0.05, 0.1) is 16.8 Å². The van der Waals surface area contributed by atoms with Crippen LogP contribution in [0, 0.1) is 0 Å². The van der Waals surface area contributed by atoms with Crippen molar-refractivity contribution in [3.05, 3.63) is 65.0 Å². The minimum absolute atomic E-state index is 0.0103. The van der Waals surface area contributed by atoms with Gasteiger partial charge in [-0.15, -0.1) is 0 Å². The summed E-state index contributed by atoms with van der Waals surface area (Å²) >= 11 is 0. The van der Waals surface area contributed by atoms with Crippen LogP contribution in [0.2, 0.25) is 0 Å². The molecule has 4 N–H and O–H groups in total. The fourth-order valence-corrected chi connectivity index (χ4v) is 3.23. The molecule has 0 unspecified atom stereocenters. The summed E-state index contributed by atoms with van der Waals surface area (Å²) in [5, 5.41) is 0. The summed E-state index contributed by atoms with van der Waals surface area (Å²) in [7, 11) is 0. The highest BCUT2D eigenvalue weighted by Gasteiger charge is 2.36. The number of benzene rings is 1. The lowest BCUT2D eigenvalue weighted by molar-refractivity contribution is -0.138. The van der Waals surface area contributed by atoms with E-state index < -0.39 is 23.5 Å². The van der Waals surface area contributed by atoms with E-state index in [-0.39, 0.29) is 43.3 Å². The number of nitrogens with zero attached hydrogens (tertiary/aromatic N) is 3. The minimum atomic E-state index is -4.55. The molecule has 31 heavy (non-hydrogen) atoms. The summed E-state index contributed by atoms with van der Waals surface area (Å²) in [5.74, 6) is -0.182. The molecule has 0 atom stereocenters. The van der Waals surface area contributed by atoms with E-state index in [0.717, 1.165) is 18.2 Å². The Balaban J connectivity index is 1.80. The second-order valence-corrected chi connectivity index (χ2v) is 6.90. The normalized spacial score (nSPS) is 16.5.